The molecule has 0 unspecified atom stereocenters. The quantitative estimate of drug-likeness (QED) is 0.494. The molecule has 0 radical (unpaired) electrons. The fourth-order valence-electron chi connectivity index (χ4n) is 2.66. The van der Waals surface area contributed by atoms with Gasteiger partial charge < -0.3 is 5.32 Å². The molecule has 0 bridgehead atoms. The molecule has 10 nitrogen and oxygen atoms in total. The number of aromatic nitrogens is 2. The molecule has 0 saturated heterocycles. The van der Waals surface area contributed by atoms with Crippen molar-refractivity contribution < 1.29 is 22.6 Å². The average Bonchev–Trinajstić information content (AvgIpc) is 3.18. The van der Waals surface area contributed by atoms with Gasteiger partial charge in [0.15, 0.2) is 11.0 Å². The second-order valence-corrected chi connectivity index (χ2v) is 7.30. The number of benzene rings is 1. The number of nitrogens with one attached hydrogen (secondary N) is 1. The standard InChI is InChI=1S/C15H17N5O5S/c16-26(23,24)11-5-4-10(14-15(11)19-25-18-14)17-8-2-1-3-9-20-12(21)6-7-13(20)22/h4-7,17H,1-3,8-9H2,(H2,16,23,24). The summed E-state index contributed by atoms with van der Waals surface area (Å²) in [6.07, 6.45) is 4.83. The number of sulfonamides is 1. The number of unbranched alkanes of at least 4 members (excludes halogenated alkanes) is 2. The van der Waals surface area contributed by atoms with Crippen LogP contribution in [0.3, 0.4) is 0 Å². The van der Waals surface area contributed by atoms with Gasteiger partial charge in [0.2, 0.25) is 10.0 Å². The first-order valence-corrected chi connectivity index (χ1v) is 9.48. The summed E-state index contributed by atoms with van der Waals surface area (Å²) >= 11 is 0. The van der Waals surface area contributed by atoms with Crippen molar-refractivity contribution in [3.8, 4) is 0 Å². The Bertz CT molecular complexity index is 963. The maximum atomic E-state index is 11.5. The number of hydrogen-bond donors (Lipinski definition) is 2. The van der Waals surface area contributed by atoms with Crippen molar-refractivity contribution in [3.05, 3.63) is 24.3 Å². The molecule has 0 atom stereocenters. The third kappa shape index (κ3) is 3.73. The van der Waals surface area contributed by atoms with Crippen LogP contribution in [0, 0.1) is 0 Å². The first-order chi connectivity index (χ1) is 12.4. The molecule has 1 aliphatic heterocycles. The van der Waals surface area contributed by atoms with Gasteiger partial charge in [0.1, 0.15) is 4.90 Å². The number of nitrogens with zero attached hydrogens (tertiary/aromatic N) is 3. The van der Waals surface area contributed by atoms with E-state index >= 15 is 0 Å². The summed E-state index contributed by atoms with van der Waals surface area (Å²) in [6, 6.07) is 2.90. The van der Waals surface area contributed by atoms with Crippen LogP contribution in [0.15, 0.2) is 33.8 Å². The highest BCUT2D eigenvalue weighted by molar-refractivity contribution is 7.89. The minimum Gasteiger partial charge on any atom is -0.383 e. The molecule has 26 heavy (non-hydrogen) atoms. The fraction of sp³-hybridized carbons (Fsp3) is 0.333. The average molecular weight is 379 g/mol. The zero-order valence-corrected chi connectivity index (χ0v) is 14.5. The van der Waals surface area contributed by atoms with E-state index < -0.39 is 10.0 Å². The Morgan fingerprint density at radius 1 is 1.04 bits per heavy atom. The molecular weight excluding hydrogens is 362 g/mol. The number of amides is 2. The van der Waals surface area contributed by atoms with Crippen LogP contribution in [-0.2, 0) is 19.6 Å². The summed E-state index contributed by atoms with van der Waals surface area (Å²) in [6.45, 7) is 0.988. The van der Waals surface area contributed by atoms with Crippen molar-refractivity contribution >= 4 is 38.6 Å². The molecule has 0 aliphatic carbocycles. The predicted octanol–water partition coefficient (Wildman–Crippen LogP) is 0.377. The highest BCUT2D eigenvalue weighted by atomic mass is 32.2. The molecule has 0 spiro atoms. The zero-order chi connectivity index (χ0) is 18.7. The van der Waals surface area contributed by atoms with Gasteiger partial charge in [0.25, 0.3) is 11.8 Å². The van der Waals surface area contributed by atoms with Crippen molar-refractivity contribution in [2.24, 2.45) is 5.14 Å². The molecular formula is C15H17N5O5S. The van der Waals surface area contributed by atoms with E-state index in [-0.39, 0.29) is 27.7 Å². The van der Waals surface area contributed by atoms with Crippen LogP contribution < -0.4 is 10.5 Å². The van der Waals surface area contributed by atoms with Crippen molar-refractivity contribution in [1.82, 2.24) is 15.2 Å². The van der Waals surface area contributed by atoms with E-state index in [0.717, 1.165) is 12.8 Å². The van der Waals surface area contributed by atoms with Crippen LogP contribution in [0.2, 0.25) is 0 Å². The second kappa shape index (κ2) is 7.22. The van der Waals surface area contributed by atoms with E-state index in [2.05, 4.69) is 20.3 Å². The smallest absolute Gasteiger partial charge is 0.253 e. The molecule has 1 aliphatic rings. The predicted molar refractivity (Wildman–Crippen MR) is 91.4 cm³/mol. The number of hydrogen-bond acceptors (Lipinski definition) is 8. The lowest BCUT2D eigenvalue weighted by Gasteiger charge is -2.13. The van der Waals surface area contributed by atoms with Gasteiger partial charge in [-0.2, -0.15) is 0 Å². The molecule has 3 rings (SSSR count). The lowest BCUT2D eigenvalue weighted by molar-refractivity contribution is -0.136. The number of rotatable bonds is 8. The van der Waals surface area contributed by atoms with E-state index in [0.29, 0.717) is 25.2 Å². The molecule has 2 aromatic rings. The van der Waals surface area contributed by atoms with Crippen molar-refractivity contribution in [3.63, 3.8) is 0 Å². The van der Waals surface area contributed by atoms with Gasteiger partial charge in [-0.05, 0) is 41.7 Å². The van der Waals surface area contributed by atoms with E-state index in [4.69, 9.17) is 5.14 Å². The number of carbonyl (C=O) groups excluding carboxylic acids is 2. The number of imide groups is 1. The Hall–Kier alpha value is -2.79. The third-order valence-corrected chi connectivity index (χ3v) is 4.90. The molecule has 0 fully saturated rings. The van der Waals surface area contributed by atoms with Crippen molar-refractivity contribution in [2.75, 3.05) is 18.4 Å². The minimum atomic E-state index is -3.92. The number of nitrogens with two attached hydrogens (primary N) is 1. The van der Waals surface area contributed by atoms with Gasteiger partial charge in [0, 0.05) is 25.2 Å². The van der Waals surface area contributed by atoms with E-state index in [1.54, 1.807) is 6.07 Å². The molecule has 138 valence electrons. The Morgan fingerprint density at radius 2 is 1.73 bits per heavy atom. The number of carbonyl (C=O) groups is 2. The lowest BCUT2D eigenvalue weighted by Crippen LogP contribution is -2.30. The largest absolute Gasteiger partial charge is 0.383 e. The van der Waals surface area contributed by atoms with Crippen molar-refractivity contribution in [2.45, 2.75) is 24.2 Å². The molecule has 1 aromatic heterocycles. The maximum Gasteiger partial charge on any atom is 0.253 e. The van der Waals surface area contributed by atoms with E-state index in [1.165, 1.54) is 23.1 Å². The summed E-state index contributed by atoms with van der Waals surface area (Å²) in [5, 5.41) is 15.6. The summed E-state index contributed by atoms with van der Waals surface area (Å²) in [4.78, 5) is 23.9. The Morgan fingerprint density at radius 3 is 2.42 bits per heavy atom. The first-order valence-electron chi connectivity index (χ1n) is 7.93. The molecule has 2 heterocycles. The van der Waals surface area contributed by atoms with Gasteiger partial charge in [-0.3, -0.25) is 14.5 Å². The van der Waals surface area contributed by atoms with Gasteiger partial charge in [-0.15, -0.1) is 0 Å². The van der Waals surface area contributed by atoms with E-state index in [1.807, 2.05) is 0 Å². The topological polar surface area (TPSA) is 148 Å². The highest BCUT2D eigenvalue weighted by Crippen LogP contribution is 2.26. The van der Waals surface area contributed by atoms with Crippen LogP contribution >= 0.6 is 0 Å². The molecule has 1 aromatic carbocycles. The highest BCUT2D eigenvalue weighted by Gasteiger charge is 2.22. The molecule has 11 heteroatoms. The minimum absolute atomic E-state index is 0.0797. The Kier molecular flexibility index (Phi) is 5.00. The van der Waals surface area contributed by atoms with Gasteiger partial charge in [-0.1, -0.05) is 0 Å². The summed E-state index contributed by atoms with van der Waals surface area (Å²) < 4.78 is 27.7. The van der Waals surface area contributed by atoms with Gasteiger partial charge in [0.05, 0.1) is 5.69 Å². The molecule has 3 N–H and O–H groups in total. The summed E-state index contributed by atoms with van der Waals surface area (Å²) in [5.41, 5.74) is 0.953. The van der Waals surface area contributed by atoms with Crippen LogP contribution in [0.5, 0.6) is 0 Å². The van der Waals surface area contributed by atoms with Crippen LogP contribution in [0.4, 0.5) is 5.69 Å². The zero-order valence-electron chi connectivity index (χ0n) is 13.7. The van der Waals surface area contributed by atoms with Gasteiger partial charge in [-0.25, -0.2) is 18.2 Å². The third-order valence-electron chi connectivity index (χ3n) is 3.96. The SMILES string of the molecule is NS(=O)(=O)c1ccc(NCCCCCN2C(=O)C=CC2=O)c2nonc12. The maximum absolute atomic E-state index is 11.5. The second-order valence-electron chi connectivity index (χ2n) is 5.77. The Labute approximate surface area is 149 Å². The number of fused-ring (bicyclic) bond motifs is 1. The Balaban J connectivity index is 1.51. The number of primary sulfonamides is 1. The van der Waals surface area contributed by atoms with Crippen LogP contribution in [0.25, 0.3) is 11.0 Å². The fourth-order valence-corrected chi connectivity index (χ4v) is 3.32. The van der Waals surface area contributed by atoms with Gasteiger partial charge >= 0.3 is 0 Å². The normalized spacial score (nSPS) is 14.6. The first kappa shape index (κ1) is 18.0. The summed E-state index contributed by atoms with van der Waals surface area (Å²) in [7, 11) is -3.92. The van der Waals surface area contributed by atoms with Crippen LogP contribution in [0.1, 0.15) is 19.3 Å². The summed E-state index contributed by atoms with van der Waals surface area (Å²) in [5.74, 6) is -0.548. The number of anilines is 1. The van der Waals surface area contributed by atoms with Crippen molar-refractivity contribution in [1.29, 1.82) is 0 Å². The monoisotopic (exact) mass is 379 g/mol. The lowest BCUT2D eigenvalue weighted by atomic mass is 10.2. The molecule has 2 amide bonds. The van der Waals surface area contributed by atoms with E-state index in [9.17, 15) is 18.0 Å². The van der Waals surface area contributed by atoms with Crippen LogP contribution in [-0.4, -0.2) is 48.5 Å². The molecule has 0 saturated carbocycles.